The smallest absolute Gasteiger partial charge is 0.237 e. The normalized spacial score (nSPS) is 12.0. The van der Waals surface area contributed by atoms with Gasteiger partial charge in [0.25, 0.3) is 0 Å². The largest absolute Gasteiger partial charge is 0.324 e. The van der Waals surface area contributed by atoms with Gasteiger partial charge in [-0.15, -0.1) is 5.10 Å². The Balaban J connectivity index is 1.65. The summed E-state index contributed by atoms with van der Waals surface area (Å²) in [4.78, 5) is 16.8. The number of aromatic amines is 1. The Bertz CT molecular complexity index is 879. The summed E-state index contributed by atoms with van der Waals surface area (Å²) in [5.74, 6) is 0.529. The highest BCUT2D eigenvalue weighted by molar-refractivity contribution is 8.00. The molecule has 1 atom stereocenters. The van der Waals surface area contributed by atoms with Gasteiger partial charge < -0.3 is 5.32 Å². The zero-order chi connectivity index (χ0) is 17.8. The number of aryl methyl sites for hydroxylation is 1. The molecule has 0 aliphatic carbocycles. The molecule has 1 amide bonds. The number of hydrogen-bond donors (Lipinski definition) is 2. The van der Waals surface area contributed by atoms with E-state index in [0.29, 0.717) is 21.7 Å². The van der Waals surface area contributed by atoms with Crippen LogP contribution in [0, 0.1) is 6.92 Å². The Morgan fingerprint density at radius 1 is 1.20 bits per heavy atom. The third kappa shape index (κ3) is 4.41. The quantitative estimate of drug-likeness (QED) is 0.644. The van der Waals surface area contributed by atoms with Crippen molar-refractivity contribution in [3.05, 3.63) is 59.1 Å². The minimum Gasteiger partial charge on any atom is -0.324 e. The monoisotopic (exact) mass is 372 g/mol. The van der Waals surface area contributed by atoms with Crippen LogP contribution < -0.4 is 5.32 Å². The lowest BCUT2D eigenvalue weighted by Gasteiger charge is -2.11. The molecule has 3 aromatic rings. The maximum atomic E-state index is 12.3. The first-order chi connectivity index (χ1) is 12.0. The van der Waals surface area contributed by atoms with Crippen LogP contribution in [0.1, 0.15) is 12.5 Å². The molecule has 0 unspecified atom stereocenters. The second-order valence-corrected chi connectivity index (χ2v) is 7.28. The minimum absolute atomic E-state index is 0.153. The maximum Gasteiger partial charge on any atom is 0.237 e. The topological polar surface area (TPSA) is 70.7 Å². The fourth-order valence-corrected chi connectivity index (χ4v) is 3.06. The molecule has 7 heteroatoms. The number of hydrogen-bond acceptors (Lipinski definition) is 4. The molecule has 1 heterocycles. The van der Waals surface area contributed by atoms with Crippen molar-refractivity contribution in [1.29, 1.82) is 0 Å². The number of H-pyrrole nitrogens is 1. The number of carbonyl (C=O) groups excluding carboxylic acids is 1. The van der Waals surface area contributed by atoms with Crippen molar-refractivity contribution in [2.45, 2.75) is 24.3 Å². The maximum absolute atomic E-state index is 12.3. The van der Waals surface area contributed by atoms with E-state index in [0.717, 1.165) is 5.56 Å². The van der Waals surface area contributed by atoms with Gasteiger partial charge in [0.2, 0.25) is 11.1 Å². The lowest BCUT2D eigenvalue weighted by Crippen LogP contribution is -2.22. The SMILES string of the molecule is Cc1ccc(-c2nc(S[C@H](C)C(=O)Nc3ccccc3Cl)n[nH]2)cc1. The number of carbonyl (C=O) groups is 1. The Morgan fingerprint density at radius 3 is 2.64 bits per heavy atom. The molecular weight excluding hydrogens is 356 g/mol. The van der Waals surface area contributed by atoms with Gasteiger partial charge in [0, 0.05) is 5.56 Å². The molecule has 2 aromatic carbocycles. The predicted molar refractivity (Wildman–Crippen MR) is 102 cm³/mol. The summed E-state index contributed by atoms with van der Waals surface area (Å²) in [5.41, 5.74) is 2.73. The van der Waals surface area contributed by atoms with E-state index in [-0.39, 0.29) is 11.2 Å². The molecule has 3 rings (SSSR count). The fraction of sp³-hybridized carbons (Fsp3) is 0.167. The number of nitrogens with one attached hydrogen (secondary N) is 2. The molecule has 5 nitrogen and oxygen atoms in total. The van der Waals surface area contributed by atoms with Crippen LogP contribution in [-0.2, 0) is 4.79 Å². The lowest BCUT2D eigenvalue weighted by molar-refractivity contribution is -0.115. The Morgan fingerprint density at radius 2 is 1.92 bits per heavy atom. The fourth-order valence-electron chi connectivity index (χ4n) is 2.15. The molecule has 0 bridgehead atoms. The van der Waals surface area contributed by atoms with E-state index < -0.39 is 0 Å². The summed E-state index contributed by atoms with van der Waals surface area (Å²) in [6.07, 6.45) is 0. The Kier molecular flexibility index (Phi) is 5.40. The second-order valence-electron chi connectivity index (χ2n) is 5.56. The molecule has 1 aromatic heterocycles. The lowest BCUT2D eigenvalue weighted by atomic mass is 10.1. The number of aromatic nitrogens is 3. The number of para-hydroxylation sites is 1. The van der Waals surface area contributed by atoms with Crippen LogP contribution in [0.25, 0.3) is 11.4 Å². The molecule has 0 radical (unpaired) electrons. The molecule has 0 saturated carbocycles. The molecule has 0 aliphatic heterocycles. The second kappa shape index (κ2) is 7.72. The first kappa shape index (κ1) is 17.5. The van der Waals surface area contributed by atoms with E-state index in [9.17, 15) is 4.79 Å². The van der Waals surface area contributed by atoms with Gasteiger partial charge in [0.15, 0.2) is 5.82 Å². The van der Waals surface area contributed by atoms with Crippen molar-refractivity contribution in [3.8, 4) is 11.4 Å². The van der Waals surface area contributed by atoms with Crippen LogP contribution in [0.3, 0.4) is 0 Å². The third-order valence-electron chi connectivity index (χ3n) is 3.57. The van der Waals surface area contributed by atoms with Crippen molar-refractivity contribution in [2.75, 3.05) is 5.32 Å². The van der Waals surface area contributed by atoms with Crippen LogP contribution in [0.5, 0.6) is 0 Å². The van der Waals surface area contributed by atoms with Gasteiger partial charge in [-0.05, 0) is 26.0 Å². The number of nitrogens with zero attached hydrogens (tertiary/aromatic N) is 2. The van der Waals surface area contributed by atoms with E-state index in [1.54, 1.807) is 19.1 Å². The molecule has 0 spiro atoms. The molecule has 0 aliphatic rings. The highest BCUT2D eigenvalue weighted by Crippen LogP contribution is 2.25. The van der Waals surface area contributed by atoms with E-state index in [1.165, 1.54) is 17.3 Å². The van der Waals surface area contributed by atoms with Gasteiger partial charge >= 0.3 is 0 Å². The number of rotatable bonds is 5. The van der Waals surface area contributed by atoms with Gasteiger partial charge in [-0.3, -0.25) is 9.89 Å². The van der Waals surface area contributed by atoms with E-state index >= 15 is 0 Å². The first-order valence-electron chi connectivity index (χ1n) is 7.74. The molecule has 2 N–H and O–H groups in total. The number of anilines is 1. The zero-order valence-electron chi connectivity index (χ0n) is 13.8. The molecule has 0 fully saturated rings. The van der Waals surface area contributed by atoms with Crippen molar-refractivity contribution in [3.63, 3.8) is 0 Å². The van der Waals surface area contributed by atoms with E-state index in [2.05, 4.69) is 20.5 Å². The molecular formula is C18H17ClN4OS. The number of halogens is 1. The van der Waals surface area contributed by atoms with Crippen LogP contribution >= 0.6 is 23.4 Å². The average molecular weight is 373 g/mol. The van der Waals surface area contributed by atoms with Crippen molar-refractivity contribution in [2.24, 2.45) is 0 Å². The summed E-state index contributed by atoms with van der Waals surface area (Å²) in [6, 6.07) is 15.1. The Labute approximate surface area is 155 Å². The average Bonchev–Trinajstić information content (AvgIpc) is 3.06. The predicted octanol–water partition coefficient (Wildman–Crippen LogP) is 4.55. The van der Waals surface area contributed by atoms with Crippen molar-refractivity contribution < 1.29 is 4.79 Å². The van der Waals surface area contributed by atoms with Crippen molar-refractivity contribution in [1.82, 2.24) is 15.2 Å². The Hall–Kier alpha value is -2.31. The van der Waals surface area contributed by atoms with Crippen LogP contribution in [0.2, 0.25) is 5.02 Å². The van der Waals surface area contributed by atoms with Crippen LogP contribution in [0.15, 0.2) is 53.7 Å². The highest BCUT2D eigenvalue weighted by atomic mass is 35.5. The van der Waals surface area contributed by atoms with E-state index in [1.807, 2.05) is 43.3 Å². The standard InChI is InChI=1S/C18H17ClN4OS/c1-11-7-9-13(10-8-11)16-21-18(23-22-16)25-12(2)17(24)20-15-6-4-3-5-14(15)19/h3-10,12H,1-2H3,(H,20,24)(H,21,22,23)/t12-/m1/s1. The third-order valence-corrected chi connectivity index (χ3v) is 4.86. The number of thioether (sulfide) groups is 1. The first-order valence-corrected chi connectivity index (χ1v) is 9.00. The zero-order valence-corrected chi connectivity index (χ0v) is 15.4. The van der Waals surface area contributed by atoms with Gasteiger partial charge in [-0.25, -0.2) is 4.98 Å². The molecule has 128 valence electrons. The van der Waals surface area contributed by atoms with Gasteiger partial charge in [-0.1, -0.05) is 65.3 Å². The summed E-state index contributed by atoms with van der Waals surface area (Å²) >= 11 is 7.35. The van der Waals surface area contributed by atoms with Crippen LogP contribution in [0.4, 0.5) is 5.69 Å². The van der Waals surface area contributed by atoms with Gasteiger partial charge in [0.05, 0.1) is 16.0 Å². The van der Waals surface area contributed by atoms with Crippen LogP contribution in [-0.4, -0.2) is 26.3 Å². The number of amides is 1. The summed E-state index contributed by atoms with van der Waals surface area (Å²) in [7, 11) is 0. The minimum atomic E-state index is -0.363. The highest BCUT2D eigenvalue weighted by Gasteiger charge is 2.18. The molecule has 0 saturated heterocycles. The van der Waals surface area contributed by atoms with E-state index in [4.69, 9.17) is 11.6 Å². The summed E-state index contributed by atoms with van der Waals surface area (Å²) in [5, 5.41) is 10.6. The number of benzene rings is 2. The van der Waals surface area contributed by atoms with Gasteiger partial charge in [0.1, 0.15) is 0 Å². The summed E-state index contributed by atoms with van der Waals surface area (Å²) in [6.45, 7) is 3.84. The van der Waals surface area contributed by atoms with Crippen molar-refractivity contribution >= 4 is 35.0 Å². The molecule has 25 heavy (non-hydrogen) atoms. The van der Waals surface area contributed by atoms with Gasteiger partial charge in [-0.2, -0.15) is 0 Å². The summed E-state index contributed by atoms with van der Waals surface area (Å²) < 4.78 is 0.